The van der Waals surface area contributed by atoms with Gasteiger partial charge in [0.2, 0.25) is 17.7 Å². The van der Waals surface area contributed by atoms with Crippen LogP contribution in [0.2, 0.25) is 0 Å². The number of hydrogen-bond donors (Lipinski definition) is 5. The second-order valence-corrected chi connectivity index (χ2v) is 8.74. The standard InChI is InChI=1S/C18H32N4O5S2/c1-10(2)14(16(24)20-12(18(26)27)6-8-29-3)21-15(23)13-5-4-7-22(13)17(25)11(19)9-28/h10-14,28H,4-9,19H2,1-3H3,(H,20,24)(H,21,23)(H,26,27). The highest BCUT2D eigenvalue weighted by Crippen LogP contribution is 2.19. The summed E-state index contributed by atoms with van der Waals surface area (Å²) >= 11 is 5.52. The number of nitrogens with zero attached hydrogens (tertiary/aromatic N) is 1. The molecule has 1 aliphatic rings. The van der Waals surface area contributed by atoms with E-state index in [0.29, 0.717) is 25.1 Å². The van der Waals surface area contributed by atoms with E-state index in [4.69, 9.17) is 5.73 Å². The summed E-state index contributed by atoms with van der Waals surface area (Å²) in [6.45, 7) is 3.94. The molecule has 1 saturated heterocycles. The molecule has 0 aromatic carbocycles. The summed E-state index contributed by atoms with van der Waals surface area (Å²) in [7, 11) is 0. The van der Waals surface area contributed by atoms with Crippen LogP contribution in [-0.4, -0.2) is 82.2 Å². The van der Waals surface area contributed by atoms with E-state index in [1.165, 1.54) is 16.7 Å². The number of likely N-dealkylation sites (tertiary alicyclic amines) is 1. The molecule has 0 radical (unpaired) electrons. The van der Waals surface area contributed by atoms with Crippen LogP contribution in [0.3, 0.4) is 0 Å². The Morgan fingerprint density at radius 3 is 2.45 bits per heavy atom. The van der Waals surface area contributed by atoms with Crippen LogP contribution in [0.4, 0.5) is 0 Å². The first-order valence-electron chi connectivity index (χ1n) is 9.63. The van der Waals surface area contributed by atoms with Crippen molar-refractivity contribution in [1.29, 1.82) is 0 Å². The number of nitrogens with two attached hydrogens (primary N) is 1. The molecule has 0 saturated carbocycles. The summed E-state index contributed by atoms with van der Waals surface area (Å²) < 4.78 is 0. The van der Waals surface area contributed by atoms with Gasteiger partial charge in [-0.1, -0.05) is 13.8 Å². The number of carbonyl (C=O) groups is 4. The van der Waals surface area contributed by atoms with Crippen molar-refractivity contribution in [2.45, 2.75) is 57.3 Å². The van der Waals surface area contributed by atoms with Crippen LogP contribution in [0, 0.1) is 5.92 Å². The second kappa shape index (κ2) is 12.3. The molecule has 4 atom stereocenters. The van der Waals surface area contributed by atoms with Gasteiger partial charge in [0, 0.05) is 12.3 Å². The lowest BCUT2D eigenvalue weighted by atomic mass is 10.0. The van der Waals surface area contributed by atoms with Gasteiger partial charge in [-0.15, -0.1) is 0 Å². The van der Waals surface area contributed by atoms with E-state index < -0.39 is 42.0 Å². The van der Waals surface area contributed by atoms with Gasteiger partial charge in [0.1, 0.15) is 18.1 Å². The average molecular weight is 449 g/mol. The van der Waals surface area contributed by atoms with Crippen molar-refractivity contribution in [3.8, 4) is 0 Å². The summed E-state index contributed by atoms with van der Waals surface area (Å²) in [5.41, 5.74) is 5.76. The van der Waals surface area contributed by atoms with E-state index in [1.807, 2.05) is 6.26 Å². The van der Waals surface area contributed by atoms with E-state index in [0.717, 1.165) is 0 Å². The van der Waals surface area contributed by atoms with Crippen LogP contribution in [0.15, 0.2) is 0 Å². The average Bonchev–Trinajstić information content (AvgIpc) is 3.16. The molecule has 1 fully saturated rings. The maximum Gasteiger partial charge on any atom is 0.326 e. The van der Waals surface area contributed by atoms with Crippen LogP contribution in [0.1, 0.15) is 33.1 Å². The lowest BCUT2D eigenvalue weighted by Crippen LogP contribution is -2.58. The molecule has 0 bridgehead atoms. The van der Waals surface area contributed by atoms with Gasteiger partial charge < -0.3 is 26.4 Å². The largest absolute Gasteiger partial charge is 0.480 e. The van der Waals surface area contributed by atoms with E-state index in [1.54, 1.807) is 13.8 Å². The minimum Gasteiger partial charge on any atom is -0.480 e. The van der Waals surface area contributed by atoms with Crippen LogP contribution in [-0.2, 0) is 19.2 Å². The first-order valence-corrected chi connectivity index (χ1v) is 11.7. The van der Waals surface area contributed by atoms with E-state index >= 15 is 0 Å². The third kappa shape index (κ3) is 7.38. The fraction of sp³-hybridized carbons (Fsp3) is 0.778. The number of thioether (sulfide) groups is 1. The predicted octanol–water partition coefficient (Wildman–Crippen LogP) is -0.302. The van der Waals surface area contributed by atoms with Gasteiger partial charge in [-0.3, -0.25) is 14.4 Å². The molecule has 3 amide bonds. The van der Waals surface area contributed by atoms with Crippen LogP contribution in [0.5, 0.6) is 0 Å². The van der Waals surface area contributed by atoms with E-state index in [9.17, 15) is 24.3 Å². The first kappa shape index (κ1) is 25.6. The Morgan fingerprint density at radius 1 is 1.28 bits per heavy atom. The Labute approximate surface area is 181 Å². The number of amides is 3. The van der Waals surface area contributed by atoms with Gasteiger partial charge in [-0.05, 0) is 37.2 Å². The molecule has 11 heteroatoms. The van der Waals surface area contributed by atoms with Gasteiger partial charge >= 0.3 is 5.97 Å². The minimum atomic E-state index is -1.12. The summed E-state index contributed by atoms with van der Waals surface area (Å²) in [4.78, 5) is 50.7. The van der Waals surface area contributed by atoms with Crippen molar-refractivity contribution >= 4 is 48.1 Å². The van der Waals surface area contributed by atoms with E-state index in [-0.39, 0.29) is 24.0 Å². The lowest BCUT2D eigenvalue weighted by molar-refractivity contribution is -0.143. The number of carboxylic acids is 1. The number of nitrogens with one attached hydrogen (secondary N) is 2. The molecular formula is C18H32N4O5S2. The first-order chi connectivity index (χ1) is 13.6. The van der Waals surface area contributed by atoms with Gasteiger partial charge in [0.15, 0.2) is 0 Å². The highest BCUT2D eigenvalue weighted by atomic mass is 32.2. The zero-order valence-electron chi connectivity index (χ0n) is 17.1. The zero-order valence-corrected chi connectivity index (χ0v) is 18.8. The Bertz CT molecular complexity index is 605. The zero-order chi connectivity index (χ0) is 22.1. The third-order valence-corrected chi connectivity index (χ3v) is 5.86. The molecule has 1 rings (SSSR count). The number of rotatable bonds is 11. The number of thiol groups is 1. The van der Waals surface area contributed by atoms with Crippen LogP contribution < -0.4 is 16.4 Å². The molecular weight excluding hydrogens is 416 g/mol. The van der Waals surface area contributed by atoms with Crippen molar-refractivity contribution in [3.05, 3.63) is 0 Å². The molecule has 1 aliphatic heterocycles. The molecule has 0 spiro atoms. The molecule has 166 valence electrons. The molecule has 0 aliphatic carbocycles. The molecule has 29 heavy (non-hydrogen) atoms. The van der Waals surface area contributed by atoms with Crippen molar-refractivity contribution < 1.29 is 24.3 Å². The summed E-state index contributed by atoms with van der Waals surface area (Å²) in [5, 5.41) is 14.5. The highest BCUT2D eigenvalue weighted by Gasteiger charge is 2.38. The predicted molar refractivity (Wildman–Crippen MR) is 116 cm³/mol. The Morgan fingerprint density at radius 2 is 1.93 bits per heavy atom. The molecule has 0 aromatic heterocycles. The van der Waals surface area contributed by atoms with Crippen molar-refractivity contribution in [2.24, 2.45) is 11.7 Å². The number of carbonyl (C=O) groups excluding carboxylic acids is 3. The maximum absolute atomic E-state index is 12.8. The third-order valence-electron chi connectivity index (χ3n) is 4.82. The van der Waals surface area contributed by atoms with Crippen molar-refractivity contribution in [1.82, 2.24) is 15.5 Å². The Kier molecular flexibility index (Phi) is 10.8. The fourth-order valence-corrected chi connectivity index (χ4v) is 3.76. The quantitative estimate of drug-likeness (QED) is 0.273. The summed E-state index contributed by atoms with van der Waals surface area (Å²) in [6.07, 6.45) is 3.28. The normalized spacial score (nSPS) is 19.5. The van der Waals surface area contributed by atoms with Crippen LogP contribution in [0.25, 0.3) is 0 Å². The number of hydrogen-bond acceptors (Lipinski definition) is 7. The smallest absolute Gasteiger partial charge is 0.326 e. The van der Waals surface area contributed by atoms with Crippen molar-refractivity contribution in [3.63, 3.8) is 0 Å². The van der Waals surface area contributed by atoms with Gasteiger partial charge in [-0.2, -0.15) is 24.4 Å². The SMILES string of the molecule is CSCCC(NC(=O)C(NC(=O)C1CCCN1C(=O)C(N)CS)C(C)C)C(=O)O. The Hall–Kier alpha value is -1.46. The summed E-state index contributed by atoms with van der Waals surface area (Å²) in [5.74, 6) is -1.95. The number of aliphatic carboxylic acids is 1. The molecule has 4 unspecified atom stereocenters. The topological polar surface area (TPSA) is 142 Å². The molecule has 0 aromatic rings. The summed E-state index contributed by atoms with van der Waals surface area (Å²) in [6, 6.07) is -3.42. The Balaban J connectivity index is 2.84. The monoisotopic (exact) mass is 448 g/mol. The van der Waals surface area contributed by atoms with Crippen LogP contribution >= 0.6 is 24.4 Å². The van der Waals surface area contributed by atoms with Crippen molar-refractivity contribution in [2.75, 3.05) is 24.3 Å². The molecule has 1 heterocycles. The minimum absolute atomic E-state index is 0.174. The second-order valence-electron chi connectivity index (χ2n) is 7.39. The number of carboxylic acid groups (broad SMARTS) is 1. The molecule has 5 N–H and O–H groups in total. The van der Waals surface area contributed by atoms with E-state index in [2.05, 4.69) is 23.3 Å². The lowest BCUT2D eigenvalue weighted by Gasteiger charge is -2.29. The highest BCUT2D eigenvalue weighted by molar-refractivity contribution is 7.98. The van der Waals surface area contributed by atoms with Gasteiger partial charge in [0.05, 0.1) is 6.04 Å². The maximum atomic E-state index is 12.8. The van der Waals surface area contributed by atoms with Gasteiger partial charge in [-0.25, -0.2) is 4.79 Å². The molecule has 9 nitrogen and oxygen atoms in total. The van der Waals surface area contributed by atoms with Gasteiger partial charge in [0.25, 0.3) is 0 Å². The fourth-order valence-electron chi connectivity index (χ4n) is 3.13.